The number of rotatable bonds is 3. The van der Waals surface area contributed by atoms with Crippen molar-refractivity contribution < 1.29 is 4.79 Å². The van der Waals surface area contributed by atoms with Crippen LogP contribution in [0.2, 0.25) is 5.02 Å². The molecule has 0 bridgehead atoms. The summed E-state index contributed by atoms with van der Waals surface area (Å²) in [5, 5.41) is 3.74. The third-order valence-electron chi connectivity index (χ3n) is 3.49. The Kier molecular flexibility index (Phi) is 4.22. The highest BCUT2D eigenvalue weighted by Gasteiger charge is 2.31. The first-order chi connectivity index (χ1) is 10.6. The molecule has 5 nitrogen and oxygen atoms in total. The minimum absolute atomic E-state index is 0.164. The van der Waals surface area contributed by atoms with Crippen LogP contribution < -0.4 is 10.9 Å². The summed E-state index contributed by atoms with van der Waals surface area (Å²) < 4.78 is 0. The predicted molar refractivity (Wildman–Crippen MR) is 87.8 cm³/mol. The highest BCUT2D eigenvalue weighted by Crippen LogP contribution is 2.37. The molecule has 2 heterocycles. The van der Waals surface area contributed by atoms with Crippen molar-refractivity contribution in [3.05, 3.63) is 50.8 Å². The number of carbonyl (C=O) groups is 1. The summed E-state index contributed by atoms with van der Waals surface area (Å²) in [5.41, 5.74) is 1.00. The van der Waals surface area contributed by atoms with Crippen molar-refractivity contribution in [1.82, 2.24) is 9.97 Å². The SMILES string of the molecule is CCSc1nc2c(c(=O)[nH]1)C(c1ccccc1Cl)CC(=O)N2. The number of fused-ring (bicyclic) bond motifs is 1. The van der Waals surface area contributed by atoms with Crippen LogP contribution in [0.4, 0.5) is 5.82 Å². The number of carbonyl (C=O) groups excluding carboxylic acids is 1. The number of aromatic nitrogens is 2. The number of aromatic amines is 1. The van der Waals surface area contributed by atoms with Crippen LogP contribution in [0, 0.1) is 0 Å². The van der Waals surface area contributed by atoms with Crippen LogP contribution in [0.3, 0.4) is 0 Å². The summed E-state index contributed by atoms with van der Waals surface area (Å²) >= 11 is 7.66. The van der Waals surface area contributed by atoms with E-state index in [1.54, 1.807) is 6.07 Å². The molecule has 114 valence electrons. The molecule has 1 aliphatic rings. The van der Waals surface area contributed by atoms with Crippen molar-refractivity contribution >= 4 is 35.1 Å². The van der Waals surface area contributed by atoms with Gasteiger partial charge in [-0.05, 0) is 17.4 Å². The molecule has 2 N–H and O–H groups in total. The summed E-state index contributed by atoms with van der Waals surface area (Å²) in [5.74, 6) is 0.571. The first kappa shape index (κ1) is 15.1. The van der Waals surface area contributed by atoms with Crippen LogP contribution >= 0.6 is 23.4 Å². The molecule has 3 rings (SSSR count). The molecular formula is C15H14ClN3O2S. The maximum Gasteiger partial charge on any atom is 0.257 e. The average molecular weight is 336 g/mol. The number of hydrogen-bond acceptors (Lipinski definition) is 4. The van der Waals surface area contributed by atoms with Crippen molar-refractivity contribution in [3.63, 3.8) is 0 Å². The molecule has 1 aromatic carbocycles. The van der Waals surface area contributed by atoms with Crippen molar-refractivity contribution in [2.24, 2.45) is 0 Å². The van der Waals surface area contributed by atoms with Gasteiger partial charge in [-0.3, -0.25) is 9.59 Å². The molecule has 1 amide bonds. The third-order valence-corrected chi connectivity index (χ3v) is 4.59. The van der Waals surface area contributed by atoms with E-state index in [1.165, 1.54) is 11.8 Å². The van der Waals surface area contributed by atoms with E-state index in [2.05, 4.69) is 15.3 Å². The van der Waals surface area contributed by atoms with E-state index < -0.39 is 0 Å². The first-order valence-corrected chi connectivity index (χ1v) is 8.27. The van der Waals surface area contributed by atoms with Crippen molar-refractivity contribution in [2.75, 3.05) is 11.1 Å². The molecule has 0 fully saturated rings. The summed E-state index contributed by atoms with van der Waals surface area (Å²) in [6, 6.07) is 7.25. The van der Waals surface area contributed by atoms with Gasteiger partial charge in [-0.25, -0.2) is 4.98 Å². The maximum atomic E-state index is 12.5. The molecule has 0 radical (unpaired) electrons. The topological polar surface area (TPSA) is 74.8 Å². The second kappa shape index (κ2) is 6.14. The molecule has 0 saturated heterocycles. The van der Waals surface area contributed by atoms with E-state index in [4.69, 9.17) is 11.6 Å². The number of anilines is 1. The molecule has 0 aliphatic carbocycles. The Morgan fingerprint density at radius 2 is 2.14 bits per heavy atom. The van der Waals surface area contributed by atoms with Crippen LogP contribution in [0.25, 0.3) is 0 Å². The van der Waals surface area contributed by atoms with Gasteiger partial charge < -0.3 is 10.3 Å². The standard InChI is InChI=1S/C15H14ClN3O2S/c1-2-22-15-18-13-12(14(21)19-15)9(7-11(20)17-13)8-5-3-4-6-10(8)16/h3-6,9H,2,7H2,1H3,(H2,17,18,19,20,21). The lowest BCUT2D eigenvalue weighted by atomic mass is 9.87. The van der Waals surface area contributed by atoms with E-state index in [1.807, 2.05) is 25.1 Å². The molecule has 0 saturated carbocycles. The number of benzene rings is 1. The van der Waals surface area contributed by atoms with E-state index in [-0.39, 0.29) is 23.8 Å². The van der Waals surface area contributed by atoms with Crippen LogP contribution in [0.1, 0.15) is 30.4 Å². The Balaban J connectivity index is 2.16. The molecule has 1 unspecified atom stereocenters. The van der Waals surface area contributed by atoms with E-state index in [9.17, 15) is 9.59 Å². The van der Waals surface area contributed by atoms with Crippen LogP contribution in [0.5, 0.6) is 0 Å². The molecule has 22 heavy (non-hydrogen) atoms. The third kappa shape index (κ3) is 2.76. The lowest BCUT2D eigenvalue weighted by Gasteiger charge is -2.25. The van der Waals surface area contributed by atoms with Crippen LogP contribution in [0.15, 0.2) is 34.2 Å². The number of amides is 1. The van der Waals surface area contributed by atoms with Crippen molar-refractivity contribution in [2.45, 2.75) is 24.4 Å². The quantitative estimate of drug-likeness (QED) is 0.668. The van der Waals surface area contributed by atoms with E-state index in [0.717, 1.165) is 11.3 Å². The number of hydrogen-bond donors (Lipinski definition) is 2. The number of nitrogens with zero attached hydrogens (tertiary/aromatic N) is 1. The molecule has 1 aliphatic heterocycles. The van der Waals surface area contributed by atoms with Gasteiger partial charge in [0.25, 0.3) is 5.56 Å². The monoisotopic (exact) mass is 335 g/mol. The normalized spacial score (nSPS) is 17.0. The van der Waals surface area contributed by atoms with Gasteiger partial charge in [0, 0.05) is 17.4 Å². The zero-order valence-corrected chi connectivity index (χ0v) is 13.4. The summed E-state index contributed by atoms with van der Waals surface area (Å²) in [6.45, 7) is 1.97. The minimum Gasteiger partial charge on any atom is -0.310 e. The fourth-order valence-electron chi connectivity index (χ4n) is 2.58. The number of thioether (sulfide) groups is 1. The van der Waals surface area contributed by atoms with Crippen molar-refractivity contribution in [3.8, 4) is 0 Å². The number of H-pyrrole nitrogens is 1. The lowest BCUT2D eigenvalue weighted by molar-refractivity contribution is -0.116. The first-order valence-electron chi connectivity index (χ1n) is 6.91. The fourth-order valence-corrected chi connectivity index (χ4v) is 3.44. The predicted octanol–water partition coefficient (Wildman–Crippen LogP) is 3.01. The summed E-state index contributed by atoms with van der Waals surface area (Å²) in [6.07, 6.45) is 0.182. The van der Waals surface area contributed by atoms with Crippen molar-refractivity contribution in [1.29, 1.82) is 0 Å². The molecule has 2 aromatic rings. The van der Waals surface area contributed by atoms with E-state index >= 15 is 0 Å². The second-order valence-corrected chi connectivity index (χ2v) is 6.55. The molecule has 7 heteroatoms. The molecular weight excluding hydrogens is 322 g/mol. The summed E-state index contributed by atoms with van der Waals surface area (Å²) in [4.78, 5) is 31.6. The van der Waals surface area contributed by atoms with Crippen LogP contribution in [-0.2, 0) is 4.79 Å². The van der Waals surface area contributed by atoms with Gasteiger partial charge in [0.05, 0.1) is 5.56 Å². The van der Waals surface area contributed by atoms with Gasteiger partial charge in [-0.1, -0.05) is 48.5 Å². The zero-order chi connectivity index (χ0) is 15.7. The number of nitrogens with one attached hydrogen (secondary N) is 2. The molecule has 1 aromatic heterocycles. The smallest absolute Gasteiger partial charge is 0.257 e. The maximum absolute atomic E-state index is 12.5. The average Bonchev–Trinajstić information content (AvgIpc) is 2.46. The van der Waals surface area contributed by atoms with Crippen LogP contribution in [-0.4, -0.2) is 21.6 Å². The van der Waals surface area contributed by atoms with Gasteiger partial charge >= 0.3 is 0 Å². The van der Waals surface area contributed by atoms with Gasteiger partial charge in [0.15, 0.2) is 5.16 Å². The molecule has 0 spiro atoms. The Bertz CT molecular complexity index is 791. The fraction of sp³-hybridized carbons (Fsp3) is 0.267. The Labute approximate surface area is 136 Å². The van der Waals surface area contributed by atoms with Gasteiger partial charge in [0.2, 0.25) is 5.91 Å². The van der Waals surface area contributed by atoms with Gasteiger partial charge in [-0.2, -0.15) is 0 Å². The minimum atomic E-state index is -0.380. The summed E-state index contributed by atoms with van der Waals surface area (Å²) in [7, 11) is 0. The van der Waals surface area contributed by atoms with E-state index in [0.29, 0.717) is 21.6 Å². The van der Waals surface area contributed by atoms with Gasteiger partial charge in [-0.15, -0.1) is 0 Å². The Morgan fingerprint density at radius 1 is 1.36 bits per heavy atom. The Morgan fingerprint density at radius 3 is 2.86 bits per heavy atom. The molecule has 1 atom stereocenters. The lowest BCUT2D eigenvalue weighted by Crippen LogP contribution is -2.31. The Hall–Kier alpha value is -1.79. The largest absolute Gasteiger partial charge is 0.310 e. The van der Waals surface area contributed by atoms with Gasteiger partial charge in [0.1, 0.15) is 5.82 Å². The second-order valence-electron chi connectivity index (χ2n) is 4.89. The highest BCUT2D eigenvalue weighted by atomic mass is 35.5. The number of halogens is 1. The zero-order valence-electron chi connectivity index (χ0n) is 11.9. The highest BCUT2D eigenvalue weighted by molar-refractivity contribution is 7.99.